The molecule has 0 fully saturated rings. The normalized spacial score (nSPS) is 11.9. The molecule has 0 saturated heterocycles. The maximum atomic E-state index is 11.1. The van der Waals surface area contributed by atoms with Crippen molar-refractivity contribution in [3.05, 3.63) is 83.4 Å². The molecule has 0 N–H and O–H groups in total. The quantitative estimate of drug-likeness (QED) is 0.252. The first kappa shape index (κ1) is 18.9. The first-order chi connectivity index (χ1) is 14.1. The Bertz CT molecular complexity index is 1220. The van der Waals surface area contributed by atoms with E-state index in [1.807, 2.05) is 19.1 Å². The lowest BCUT2D eigenvalue weighted by Crippen LogP contribution is -1.99. The summed E-state index contributed by atoms with van der Waals surface area (Å²) in [5.74, 6) is -0.418. The van der Waals surface area contributed by atoms with Crippen molar-refractivity contribution in [1.29, 1.82) is 0 Å². The molecule has 4 rings (SSSR count). The van der Waals surface area contributed by atoms with Crippen LogP contribution in [-0.2, 0) is 22.6 Å². The average Bonchev–Trinajstić information content (AvgIpc) is 3.05. The molecule has 0 aliphatic rings. The summed E-state index contributed by atoms with van der Waals surface area (Å²) in [6.07, 6.45) is 0.905. The Hall–Kier alpha value is -3.40. The molecule has 0 atom stereocenters. The average molecular weight is 384 g/mol. The minimum atomic E-state index is -0.418. The summed E-state index contributed by atoms with van der Waals surface area (Å²) in [4.78, 5) is 15.9. The number of benzene rings is 3. The predicted molar refractivity (Wildman–Crippen MR) is 118 cm³/mol. The molecule has 0 aliphatic carbocycles. The Morgan fingerprint density at radius 1 is 0.897 bits per heavy atom. The van der Waals surface area contributed by atoms with Crippen molar-refractivity contribution < 1.29 is 9.63 Å². The second-order valence-corrected chi connectivity index (χ2v) is 7.25. The molecule has 0 spiro atoms. The molecule has 0 amide bonds. The lowest BCUT2D eigenvalue weighted by atomic mass is 10.0. The second kappa shape index (κ2) is 7.92. The van der Waals surface area contributed by atoms with Gasteiger partial charge in [0.1, 0.15) is 0 Å². The molecule has 4 aromatic rings. The summed E-state index contributed by atoms with van der Waals surface area (Å²) < 4.78 is 2.33. The largest absolute Gasteiger partial charge is 0.341 e. The van der Waals surface area contributed by atoms with E-state index >= 15 is 0 Å². The van der Waals surface area contributed by atoms with Gasteiger partial charge in [-0.2, -0.15) is 0 Å². The Balaban J connectivity index is 1.83. The summed E-state index contributed by atoms with van der Waals surface area (Å²) in [6.45, 7) is 6.27. The molecule has 0 unspecified atom stereocenters. The van der Waals surface area contributed by atoms with E-state index in [1.165, 1.54) is 39.9 Å². The van der Waals surface area contributed by atoms with E-state index in [0.717, 1.165) is 18.5 Å². The molecule has 1 heterocycles. The van der Waals surface area contributed by atoms with Crippen LogP contribution < -0.4 is 0 Å². The summed E-state index contributed by atoms with van der Waals surface area (Å²) >= 11 is 0. The fraction of sp³-hybridized carbons (Fsp3) is 0.200. The SMILES string of the molecule is CCn1c2ccc(Cc3ccccc3)cc2c2cc(C(C)=NOC(C)=O)ccc21. The fourth-order valence-corrected chi connectivity index (χ4v) is 3.84. The van der Waals surface area contributed by atoms with Gasteiger partial charge in [-0.25, -0.2) is 4.79 Å². The van der Waals surface area contributed by atoms with Crippen LogP contribution in [0.3, 0.4) is 0 Å². The smallest absolute Gasteiger partial charge is 0.331 e. The van der Waals surface area contributed by atoms with Gasteiger partial charge >= 0.3 is 5.97 Å². The van der Waals surface area contributed by atoms with Crippen LogP contribution in [0.2, 0.25) is 0 Å². The van der Waals surface area contributed by atoms with Crippen molar-refractivity contribution >= 4 is 33.5 Å². The van der Waals surface area contributed by atoms with E-state index in [9.17, 15) is 4.79 Å². The van der Waals surface area contributed by atoms with Gasteiger partial charge in [0, 0.05) is 35.3 Å². The highest BCUT2D eigenvalue weighted by atomic mass is 16.7. The summed E-state index contributed by atoms with van der Waals surface area (Å²) in [6, 6.07) is 23.5. The topological polar surface area (TPSA) is 43.6 Å². The molecule has 0 aliphatic heterocycles. The number of hydrogen-bond acceptors (Lipinski definition) is 3. The van der Waals surface area contributed by atoms with E-state index in [-0.39, 0.29) is 0 Å². The highest BCUT2D eigenvalue weighted by Crippen LogP contribution is 2.31. The van der Waals surface area contributed by atoms with Gasteiger partial charge in [0.15, 0.2) is 0 Å². The summed E-state index contributed by atoms with van der Waals surface area (Å²) in [5, 5.41) is 6.36. The number of aromatic nitrogens is 1. The number of fused-ring (bicyclic) bond motifs is 3. The van der Waals surface area contributed by atoms with Crippen molar-refractivity contribution in [3.63, 3.8) is 0 Å². The second-order valence-electron chi connectivity index (χ2n) is 7.25. The van der Waals surface area contributed by atoms with Crippen LogP contribution in [0.4, 0.5) is 0 Å². The molecule has 0 saturated carbocycles. The Morgan fingerprint density at radius 2 is 1.59 bits per heavy atom. The number of oxime groups is 1. The third-order valence-electron chi connectivity index (χ3n) is 5.23. The summed E-state index contributed by atoms with van der Waals surface area (Å²) in [5.41, 5.74) is 6.64. The minimum Gasteiger partial charge on any atom is -0.341 e. The number of aryl methyl sites for hydroxylation is 1. The lowest BCUT2D eigenvalue weighted by Gasteiger charge is -2.05. The zero-order valence-electron chi connectivity index (χ0n) is 17.0. The number of nitrogens with zero attached hydrogens (tertiary/aromatic N) is 2. The molecule has 29 heavy (non-hydrogen) atoms. The maximum Gasteiger partial charge on any atom is 0.331 e. The standard InChI is InChI=1S/C25H24N2O2/c1-4-27-24-12-10-20(14-19-8-6-5-7-9-19)15-22(24)23-16-21(11-13-25(23)27)17(2)26-29-18(3)28/h5-13,15-16H,4,14H2,1-3H3. The van der Waals surface area contributed by atoms with Crippen LogP contribution >= 0.6 is 0 Å². The van der Waals surface area contributed by atoms with Crippen molar-refractivity contribution in [2.45, 2.75) is 33.7 Å². The zero-order valence-corrected chi connectivity index (χ0v) is 17.0. The molecular formula is C25H24N2O2. The Morgan fingerprint density at radius 3 is 2.28 bits per heavy atom. The van der Waals surface area contributed by atoms with Crippen molar-refractivity contribution in [1.82, 2.24) is 4.57 Å². The van der Waals surface area contributed by atoms with Crippen LogP contribution in [0.1, 0.15) is 37.5 Å². The molecule has 146 valence electrons. The first-order valence-corrected chi connectivity index (χ1v) is 9.88. The number of rotatable bonds is 5. The van der Waals surface area contributed by atoms with E-state index in [1.54, 1.807) is 0 Å². The first-order valence-electron chi connectivity index (χ1n) is 9.88. The molecule has 1 aromatic heterocycles. The minimum absolute atomic E-state index is 0.418. The van der Waals surface area contributed by atoms with Gasteiger partial charge in [-0.1, -0.05) is 47.6 Å². The van der Waals surface area contributed by atoms with Crippen molar-refractivity contribution in [2.75, 3.05) is 0 Å². The number of hydrogen-bond donors (Lipinski definition) is 0. The Kier molecular flexibility index (Phi) is 5.17. The van der Waals surface area contributed by atoms with Gasteiger partial charge in [0.05, 0.1) is 5.71 Å². The van der Waals surface area contributed by atoms with Gasteiger partial charge in [-0.15, -0.1) is 0 Å². The highest BCUT2D eigenvalue weighted by molar-refractivity contribution is 6.11. The predicted octanol–water partition coefficient (Wildman–Crippen LogP) is 5.69. The summed E-state index contributed by atoms with van der Waals surface area (Å²) in [7, 11) is 0. The van der Waals surface area contributed by atoms with Crippen LogP contribution in [0.15, 0.2) is 71.9 Å². The maximum absolute atomic E-state index is 11.1. The lowest BCUT2D eigenvalue weighted by molar-refractivity contribution is -0.140. The molecule has 3 aromatic carbocycles. The van der Waals surface area contributed by atoms with Gasteiger partial charge in [-0.05, 0) is 61.2 Å². The van der Waals surface area contributed by atoms with Crippen LogP contribution in [0.5, 0.6) is 0 Å². The van der Waals surface area contributed by atoms with Crippen LogP contribution in [0, 0.1) is 0 Å². The van der Waals surface area contributed by atoms with Gasteiger partial charge in [0.2, 0.25) is 0 Å². The van der Waals surface area contributed by atoms with Crippen molar-refractivity contribution in [3.8, 4) is 0 Å². The number of carbonyl (C=O) groups is 1. The molecular weight excluding hydrogens is 360 g/mol. The third-order valence-corrected chi connectivity index (χ3v) is 5.23. The van der Waals surface area contributed by atoms with Crippen molar-refractivity contribution in [2.24, 2.45) is 5.16 Å². The zero-order chi connectivity index (χ0) is 20.4. The van der Waals surface area contributed by atoms with E-state index < -0.39 is 5.97 Å². The molecule has 0 bridgehead atoms. The molecule has 0 radical (unpaired) electrons. The monoisotopic (exact) mass is 384 g/mol. The van der Waals surface area contributed by atoms with Gasteiger partial charge in [0.25, 0.3) is 0 Å². The number of carbonyl (C=O) groups excluding carboxylic acids is 1. The van der Waals surface area contributed by atoms with Gasteiger partial charge in [-0.3, -0.25) is 0 Å². The Labute approximate surface area is 170 Å². The van der Waals surface area contributed by atoms with E-state index in [4.69, 9.17) is 4.84 Å². The molecule has 4 nitrogen and oxygen atoms in total. The van der Waals surface area contributed by atoms with Gasteiger partial charge < -0.3 is 9.40 Å². The highest BCUT2D eigenvalue weighted by Gasteiger charge is 2.12. The molecule has 4 heteroatoms. The van der Waals surface area contributed by atoms with E-state index in [2.05, 4.69) is 71.2 Å². The third kappa shape index (κ3) is 3.79. The van der Waals surface area contributed by atoms with E-state index in [0.29, 0.717) is 5.71 Å². The fourth-order valence-electron chi connectivity index (χ4n) is 3.84. The van der Waals surface area contributed by atoms with Crippen LogP contribution in [-0.4, -0.2) is 16.2 Å². The van der Waals surface area contributed by atoms with Crippen LogP contribution in [0.25, 0.3) is 21.8 Å².